The molecule has 0 bridgehead atoms. The molecule has 1 atom stereocenters. The first kappa shape index (κ1) is 17.7. The van der Waals surface area contributed by atoms with Gasteiger partial charge in [-0.3, -0.25) is 4.98 Å². The number of methoxy groups -OCH3 is 1. The van der Waals surface area contributed by atoms with Crippen molar-refractivity contribution in [1.29, 1.82) is 0 Å². The molecule has 0 amide bonds. The van der Waals surface area contributed by atoms with Gasteiger partial charge in [-0.15, -0.1) is 0 Å². The van der Waals surface area contributed by atoms with Crippen LogP contribution in [0.15, 0.2) is 53.7 Å². The van der Waals surface area contributed by atoms with Gasteiger partial charge >= 0.3 is 0 Å². The molecule has 134 valence electrons. The highest BCUT2D eigenvalue weighted by atomic mass is 32.2. The number of rotatable bonds is 6. The predicted molar refractivity (Wildman–Crippen MR) is 94.2 cm³/mol. The van der Waals surface area contributed by atoms with E-state index in [9.17, 15) is 8.42 Å². The second kappa shape index (κ2) is 7.84. The molecule has 0 radical (unpaired) electrons. The van der Waals surface area contributed by atoms with Gasteiger partial charge in [0.1, 0.15) is 4.90 Å². The van der Waals surface area contributed by atoms with Crippen molar-refractivity contribution in [3.8, 4) is 11.5 Å². The van der Waals surface area contributed by atoms with Crippen LogP contribution in [0.1, 0.15) is 12.8 Å². The molecule has 1 aromatic carbocycles. The standard InChI is InChI=1S/C18H22N2O4S/c1-23-17-8-2-3-9-18(17)24-14-15-6-5-11-20(13-15)25(21,22)16-7-4-10-19-12-16/h2-4,7-10,12,15H,5-6,11,13-14H2,1H3. The van der Waals surface area contributed by atoms with Crippen LogP contribution in [-0.2, 0) is 10.0 Å². The van der Waals surface area contributed by atoms with Crippen molar-refractivity contribution in [2.24, 2.45) is 5.92 Å². The molecule has 0 aliphatic carbocycles. The van der Waals surface area contributed by atoms with Crippen molar-refractivity contribution in [1.82, 2.24) is 9.29 Å². The summed E-state index contributed by atoms with van der Waals surface area (Å²) in [7, 11) is -1.90. The van der Waals surface area contributed by atoms with Gasteiger partial charge in [-0.05, 0) is 37.1 Å². The van der Waals surface area contributed by atoms with E-state index in [0.717, 1.165) is 12.8 Å². The number of piperidine rings is 1. The highest BCUT2D eigenvalue weighted by Crippen LogP contribution is 2.28. The Hall–Kier alpha value is -2.12. The van der Waals surface area contributed by atoms with Gasteiger partial charge in [0.25, 0.3) is 0 Å². The maximum absolute atomic E-state index is 12.7. The Morgan fingerprint density at radius 3 is 2.72 bits per heavy atom. The average molecular weight is 362 g/mol. The molecule has 1 aliphatic heterocycles. The third-order valence-corrected chi connectivity index (χ3v) is 6.15. The Bertz CT molecular complexity index is 796. The first-order valence-corrected chi connectivity index (χ1v) is 9.71. The Labute approximate surface area is 148 Å². The molecule has 2 aromatic rings. The molecular formula is C18H22N2O4S. The van der Waals surface area contributed by atoms with Crippen molar-refractivity contribution in [3.05, 3.63) is 48.8 Å². The molecule has 1 aliphatic rings. The molecule has 25 heavy (non-hydrogen) atoms. The van der Waals surface area contributed by atoms with Crippen LogP contribution in [0.25, 0.3) is 0 Å². The van der Waals surface area contributed by atoms with Gasteiger partial charge in [0.15, 0.2) is 11.5 Å². The van der Waals surface area contributed by atoms with Crippen LogP contribution in [0, 0.1) is 5.92 Å². The van der Waals surface area contributed by atoms with Crippen molar-refractivity contribution < 1.29 is 17.9 Å². The molecule has 3 rings (SSSR count). The number of para-hydroxylation sites is 2. The fourth-order valence-corrected chi connectivity index (χ4v) is 4.49. The lowest BCUT2D eigenvalue weighted by atomic mass is 10.0. The van der Waals surface area contributed by atoms with E-state index in [1.54, 1.807) is 25.4 Å². The molecule has 1 unspecified atom stereocenters. The molecule has 1 fully saturated rings. The molecule has 0 N–H and O–H groups in total. The molecule has 7 heteroatoms. The number of aromatic nitrogens is 1. The third-order valence-electron chi connectivity index (χ3n) is 4.30. The average Bonchev–Trinajstić information content (AvgIpc) is 2.67. The number of sulfonamides is 1. The van der Waals surface area contributed by atoms with Crippen LogP contribution in [0.5, 0.6) is 11.5 Å². The predicted octanol–water partition coefficient (Wildman–Crippen LogP) is 2.57. The SMILES string of the molecule is COc1ccccc1OCC1CCCN(S(=O)(=O)c2cccnc2)C1. The van der Waals surface area contributed by atoms with Gasteiger partial charge in [0.05, 0.1) is 13.7 Å². The number of ether oxygens (including phenoxy) is 2. The molecule has 2 heterocycles. The minimum atomic E-state index is -3.50. The summed E-state index contributed by atoms with van der Waals surface area (Å²) >= 11 is 0. The van der Waals surface area contributed by atoms with Gasteiger partial charge in [0.2, 0.25) is 10.0 Å². The second-order valence-electron chi connectivity index (χ2n) is 6.02. The maximum atomic E-state index is 12.7. The summed E-state index contributed by atoms with van der Waals surface area (Å²) in [6, 6.07) is 10.7. The van der Waals surface area contributed by atoms with Gasteiger partial charge in [-0.25, -0.2) is 8.42 Å². The van der Waals surface area contributed by atoms with E-state index in [1.807, 2.05) is 24.3 Å². The second-order valence-corrected chi connectivity index (χ2v) is 7.96. The number of benzene rings is 1. The molecule has 0 saturated carbocycles. The highest BCUT2D eigenvalue weighted by Gasteiger charge is 2.30. The number of hydrogen-bond donors (Lipinski definition) is 0. The number of hydrogen-bond acceptors (Lipinski definition) is 5. The zero-order chi connectivity index (χ0) is 17.7. The summed E-state index contributed by atoms with van der Waals surface area (Å²) in [5.74, 6) is 1.50. The maximum Gasteiger partial charge on any atom is 0.244 e. The van der Waals surface area contributed by atoms with E-state index >= 15 is 0 Å². The smallest absolute Gasteiger partial charge is 0.244 e. The Kier molecular flexibility index (Phi) is 5.55. The summed E-state index contributed by atoms with van der Waals surface area (Å²) in [6.07, 6.45) is 4.72. The van der Waals surface area contributed by atoms with E-state index in [4.69, 9.17) is 9.47 Å². The van der Waals surface area contributed by atoms with Crippen molar-refractivity contribution >= 4 is 10.0 Å². The zero-order valence-corrected chi connectivity index (χ0v) is 15.0. The normalized spacial score (nSPS) is 18.7. The summed E-state index contributed by atoms with van der Waals surface area (Å²) < 4.78 is 38.2. The van der Waals surface area contributed by atoms with E-state index in [-0.39, 0.29) is 10.8 Å². The van der Waals surface area contributed by atoms with Crippen molar-refractivity contribution in [2.45, 2.75) is 17.7 Å². The van der Waals surface area contributed by atoms with E-state index in [0.29, 0.717) is 31.2 Å². The minimum absolute atomic E-state index is 0.144. The lowest BCUT2D eigenvalue weighted by Gasteiger charge is -2.31. The highest BCUT2D eigenvalue weighted by molar-refractivity contribution is 7.89. The van der Waals surface area contributed by atoms with E-state index < -0.39 is 10.0 Å². The quantitative estimate of drug-likeness (QED) is 0.790. The zero-order valence-electron chi connectivity index (χ0n) is 14.2. The van der Waals surface area contributed by atoms with Gasteiger partial charge < -0.3 is 9.47 Å². The van der Waals surface area contributed by atoms with Crippen LogP contribution in [0.3, 0.4) is 0 Å². The van der Waals surface area contributed by atoms with Crippen LogP contribution < -0.4 is 9.47 Å². The summed E-state index contributed by atoms with van der Waals surface area (Å²) in [4.78, 5) is 4.15. The number of nitrogens with zero attached hydrogens (tertiary/aromatic N) is 2. The molecule has 1 saturated heterocycles. The minimum Gasteiger partial charge on any atom is -0.493 e. The Morgan fingerprint density at radius 2 is 2.00 bits per heavy atom. The van der Waals surface area contributed by atoms with Gasteiger partial charge in [-0.1, -0.05) is 12.1 Å². The Balaban J connectivity index is 1.65. The largest absolute Gasteiger partial charge is 0.493 e. The summed E-state index contributed by atoms with van der Waals surface area (Å²) in [5, 5.41) is 0. The first-order valence-electron chi connectivity index (χ1n) is 8.27. The fourth-order valence-electron chi connectivity index (χ4n) is 2.98. The van der Waals surface area contributed by atoms with E-state index in [1.165, 1.54) is 10.5 Å². The van der Waals surface area contributed by atoms with Gasteiger partial charge in [0, 0.05) is 31.4 Å². The Morgan fingerprint density at radius 1 is 1.20 bits per heavy atom. The van der Waals surface area contributed by atoms with Crippen LogP contribution in [0.4, 0.5) is 0 Å². The number of pyridine rings is 1. The lowest BCUT2D eigenvalue weighted by Crippen LogP contribution is -2.41. The summed E-state index contributed by atoms with van der Waals surface area (Å²) in [6.45, 7) is 1.44. The molecule has 1 aromatic heterocycles. The van der Waals surface area contributed by atoms with Crippen LogP contribution in [0.2, 0.25) is 0 Å². The topological polar surface area (TPSA) is 68.7 Å². The molecule has 0 spiro atoms. The third kappa shape index (κ3) is 4.11. The van der Waals surface area contributed by atoms with Crippen LogP contribution >= 0.6 is 0 Å². The van der Waals surface area contributed by atoms with E-state index in [2.05, 4.69) is 4.98 Å². The molecule has 6 nitrogen and oxygen atoms in total. The lowest BCUT2D eigenvalue weighted by molar-refractivity contribution is 0.176. The van der Waals surface area contributed by atoms with Gasteiger partial charge in [-0.2, -0.15) is 4.31 Å². The first-order chi connectivity index (χ1) is 12.1. The molecular weight excluding hydrogens is 340 g/mol. The van der Waals surface area contributed by atoms with Crippen molar-refractivity contribution in [3.63, 3.8) is 0 Å². The monoisotopic (exact) mass is 362 g/mol. The fraction of sp³-hybridized carbons (Fsp3) is 0.389. The van der Waals surface area contributed by atoms with Crippen LogP contribution in [-0.4, -0.2) is 44.5 Å². The summed E-state index contributed by atoms with van der Waals surface area (Å²) in [5.41, 5.74) is 0. The van der Waals surface area contributed by atoms with Crippen molar-refractivity contribution in [2.75, 3.05) is 26.8 Å².